The monoisotopic (exact) mass is 332 g/mol. The summed E-state index contributed by atoms with van der Waals surface area (Å²) in [4.78, 5) is 12.1. The first kappa shape index (κ1) is 16.2. The van der Waals surface area contributed by atoms with Gasteiger partial charge in [-0.1, -0.05) is 24.3 Å². The summed E-state index contributed by atoms with van der Waals surface area (Å²) in [6.45, 7) is 6.25. The molecule has 0 radical (unpaired) electrons. The Balaban J connectivity index is 1.80. The summed E-state index contributed by atoms with van der Waals surface area (Å²) in [7, 11) is 0. The van der Waals surface area contributed by atoms with Crippen LogP contribution in [0.4, 0.5) is 0 Å². The number of nitrogens with one attached hydrogen (secondary N) is 1. The van der Waals surface area contributed by atoms with E-state index in [1.807, 2.05) is 12.3 Å². The third-order valence-corrected chi connectivity index (χ3v) is 4.86. The molecule has 1 fully saturated rings. The van der Waals surface area contributed by atoms with Crippen molar-refractivity contribution < 1.29 is 0 Å². The van der Waals surface area contributed by atoms with Crippen LogP contribution in [-0.4, -0.2) is 41.0 Å². The van der Waals surface area contributed by atoms with Gasteiger partial charge in [0.2, 0.25) is 0 Å². The van der Waals surface area contributed by atoms with E-state index < -0.39 is 0 Å². The normalized spacial score (nSPS) is 17.3. The second-order valence-corrected chi connectivity index (χ2v) is 6.71. The summed E-state index contributed by atoms with van der Waals surface area (Å²) in [6, 6.07) is 17.0. The fraction of sp³-hybridized carbons (Fsp3) is 0.333. The smallest absolute Gasteiger partial charge is 0.0792 e. The second-order valence-electron chi connectivity index (χ2n) is 6.71. The number of aromatic nitrogens is 2. The van der Waals surface area contributed by atoms with Crippen LogP contribution >= 0.6 is 0 Å². The van der Waals surface area contributed by atoms with E-state index in [2.05, 4.69) is 59.6 Å². The second kappa shape index (κ2) is 7.30. The van der Waals surface area contributed by atoms with Crippen molar-refractivity contribution in [1.29, 1.82) is 0 Å². The number of pyridine rings is 2. The summed E-state index contributed by atoms with van der Waals surface area (Å²) >= 11 is 0. The third kappa shape index (κ3) is 3.55. The van der Waals surface area contributed by atoms with Crippen LogP contribution in [0.5, 0.6) is 0 Å². The van der Waals surface area contributed by atoms with Crippen LogP contribution in [-0.2, 0) is 0 Å². The van der Waals surface area contributed by atoms with Crippen LogP contribution in [0.1, 0.15) is 29.4 Å². The topological polar surface area (TPSA) is 41.1 Å². The van der Waals surface area contributed by atoms with E-state index in [0.717, 1.165) is 49.5 Å². The molecule has 0 spiro atoms. The first-order valence-corrected chi connectivity index (χ1v) is 9.04. The maximum atomic E-state index is 4.85. The first-order chi connectivity index (χ1) is 12.3. The quantitative estimate of drug-likeness (QED) is 0.799. The molecule has 3 aromatic rings. The molecule has 2 aromatic heterocycles. The lowest BCUT2D eigenvalue weighted by Gasteiger charge is -2.30. The molecule has 3 heterocycles. The summed E-state index contributed by atoms with van der Waals surface area (Å²) < 4.78 is 0. The maximum Gasteiger partial charge on any atom is 0.0792 e. The van der Waals surface area contributed by atoms with Crippen molar-refractivity contribution in [1.82, 2.24) is 20.2 Å². The lowest BCUT2D eigenvalue weighted by molar-refractivity contribution is 0.237. The van der Waals surface area contributed by atoms with Gasteiger partial charge in [0.1, 0.15) is 0 Å². The Morgan fingerprint density at radius 1 is 1.04 bits per heavy atom. The Hall–Kier alpha value is -2.30. The lowest BCUT2D eigenvalue weighted by atomic mass is 10.0. The lowest BCUT2D eigenvalue weighted by Crippen LogP contribution is -2.33. The number of aryl methyl sites for hydroxylation is 1. The Morgan fingerprint density at radius 2 is 1.96 bits per heavy atom. The van der Waals surface area contributed by atoms with Gasteiger partial charge in [0, 0.05) is 36.9 Å². The molecular weight excluding hydrogens is 308 g/mol. The van der Waals surface area contributed by atoms with Gasteiger partial charge in [-0.2, -0.15) is 0 Å². The van der Waals surface area contributed by atoms with Gasteiger partial charge in [0.15, 0.2) is 0 Å². The van der Waals surface area contributed by atoms with Gasteiger partial charge in [-0.3, -0.25) is 14.9 Å². The Bertz CT molecular complexity index is 853. The highest BCUT2D eigenvalue weighted by atomic mass is 15.2. The molecule has 4 nitrogen and oxygen atoms in total. The van der Waals surface area contributed by atoms with Gasteiger partial charge in [-0.25, -0.2) is 0 Å². The molecule has 1 atom stereocenters. The summed E-state index contributed by atoms with van der Waals surface area (Å²) in [5.74, 6) is 0. The average molecular weight is 332 g/mol. The number of benzene rings is 1. The zero-order valence-electron chi connectivity index (χ0n) is 14.7. The average Bonchev–Trinajstić information content (AvgIpc) is 2.91. The van der Waals surface area contributed by atoms with Crippen molar-refractivity contribution in [2.24, 2.45) is 0 Å². The standard InChI is InChI=1S/C21H24N4/c1-16-6-4-9-20(24-16)21(25-12-5-10-22-11-13-25)18-14-17-7-2-3-8-19(17)23-15-18/h2-4,6-9,14-15,21-22H,5,10-13H2,1H3. The highest BCUT2D eigenvalue weighted by Gasteiger charge is 2.25. The summed E-state index contributed by atoms with van der Waals surface area (Å²) in [5.41, 5.74) is 4.43. The maximum absolute atomic E-state index is 4.85. The Morgan fingerprint density at radius 3 is 2.88 bits per heavy atom. The van der Waals surface area contributed by atoms with Crippen LogP contribution in [0.2, 0.25) is 0 Å². The predicted octanol–water partition coefficient (Wildman–Crippen LogP) is 3.32. The predicted molar refractivity (Wildman–Crippen MR) is 102 cm³/mol. The van der Waals surface area contributed by atoms with Gasteiger partial charge in [0.05, 0.1) is 17.3 Å². The highest BCUT2D eigenvalue weighted by Crippen LogP contribution is 2.29. The van der Waals surface area contributed by atoms with Crippen molar-refractivity contribution in [2.45, 2.75) is 19.4 Å². The third-order valence-electron chi connectivity index (χ3n) is 4.86. The van der Waals surface area contributed by atoms with E-state index in [0.29, 0.717) is 0 Å². The SMILES string of the molecule is Cc1cccc(C(c2cnc3ccccc3c2)N2CCCNCC2)n1. The summed E-state index contributed by atoms with van der Waals surface area (Å²) in [5, 5.41) is 4.68. The molecule has 0 aliphatic carbocycles. The van der Waals surface area contributed by atoms with E-state index in [1.165, 1.54) is 10.9 Å². The summed E-state index contributed by atoms with van der Waals surface area (Å²) in [6.07, 6.45) is 3.18. The van der Waals surface area contributed by atoms with Crippen molar-refractivity contribution in [3.63, 3.8) is 0 Å². The van der Waals surface area contributed by atoms with Crippen LogP contribution < -0.4 is 5.32 Å². The van der Waals surface area contributed by atoms with E-state index in [4.69, 9.17) is 9.97 Å². The van der Waals surface area contributed by atoms with Gasteiger partial charge >= 0.3 is 0 Å². The van der Waals surface area contributed by atoms with Crippen LogP contribution in [0.3, 0.4) is 0 Å². The molecule has 1 aliphatic rings. The Labute approximate surface area is 148 Å². The van der Waals surface area contributed by atoms with Gasteiger partial charge in [-0.05, 0) is 49.7 Å². The number of fused-ring (bicyclic) bond motifs is 1. The molecule has 1 aliphatic heterocycles. The van der Waals surface area contributed by atoms with E-state index in [9.17, 15) is 0 Å². The van der Waals surface area contributed by atoms with Crippen LogP contribution in [0.25, 0.3) is 10.9 Å². The van der Waals surface area contributed by atoms with E-state index >= 15 is 0 Å². The van der Waals surface area contributed by atoms with Crippen molar-refractivity contribution in [3.05, 3.63) is 71.7 Å². The molecule has 0 bridgehead atoms. The molecule has 0 saturated carbocycles. The highest BCUT2D eigenvalue weighted by molar-refractivity contribution is 5.78. The number of para-hydroxylation sites is 1. The fourth-order valence-corrected chi connectivity index (χ4v) is 3.65. The molecule has 0 amide bonds. The molecule has 25 heavy (non-hydrogen) atoms. The number of hydrogen-bond donors (Lipinski definition) is 1. The van der Waals surface area contributed by atoms with Gasteiger partial charge in [-0.15, -0.1) is 0 Å². The largest absolute Gasteiger partial charge is 0.315 e. The first-order valence-electron chi connectivity index (χ1n) is 9.04. The molecular formula is C21H24N4. The zero-order chi connectivity index (χ0) is 17.1. The fourth-order valence-electron chi connectivity index (χ4n) is 3.65. The molecule has 1 N–H and O–H groups in total. The number of nitrogens with zero attached hydrogens (tertiary/aromatic N) is 3. The molecule has 1 unspecified atom stereocenters. The number of rotatable bonds is 3. The molecule has 4 heteroatoms. The van der Waals surface area contributed by atoms with Crippen molar-refractivity contribution in [2.75, 3.05) is 26.2 Å². The Kier molecular flexibility index (Phi) is 4.72. The number of hydrogen-bond acceptors (Lipinski definition) is 4. The van der Waals surface area contributed by atoms with E-state index in [-0.39, 0.29) is 6.04 Å². The zero-order valence-corrected chi connectivity index (χ0v) is 14.7. The molecule has 128 valence electrons. The minimum absolute atomic E-state index is 0.150. The minimum atomic E-state index is 0.150. The van der Waals surface area contributed by atoms with Gasteiger partial charge in [0.25, 0.3) is 0 Å². The minimum Gasteiger partial charge on any atom is -0.315 e. The van der Waals surface area contributed by atoms with Crippen LogP contribution in [0.15, 0.2) is 54.7 Å². The molecule has 1 saturated heterocycles. The van der Waals surface area contributed by atoms with Crippen molar-refractivity contribution in [3.8, 4) is 0 Å². The molecule has 1 aromatic carbocycles. The van der Waals surface area contributed by atoms with Crippen LogP contribution in [0, 0.1) is 6.92 Å². The van der Waals surface area contributed by atoms with E-state index in [1.54, 1.807) is 0 Å². The van der Waals surface area contributed by atoms with Gasteiger partial charge < -0.3 is 5.32 Å². The molecule has 4 rings (SSSR count). The van der Waals surface area contributed by atoms with Crippen molar-refractivity contribution >= 4 is 10.9 Å².